The van der Waals surface area contributed by atoms with Crippen molar-refractivity contribution in [2.24, 2.45) is 0 Å². The van der Waals surface area contributed by atoms with E-state index < -0.39 is 0 Å². The molecular formula is C25H21N3S. The molecule has 0 N–H and O–H groups in total. The lowest BCUT2D eigenvalue weighted by atomic mass is 9.95. The maximum Gasteiger partial charge on any atom is 0.163 e. The predicted octanol–water partition coefficient (Wildman–Crippen LogP) is 6.87. The van der Waals surface area contributed by atoms with E-state index in [1.54, 1.807) is 0 Å². The van der Waals surface area contributed by atoms with Crippen molar-refractivity contribution in [3.63, 3.8) is 0 Å². The Labute approximate surface area is 174 Å². The van der Waals surface area contributed by atoms with E-state index in [9.17, 15) is 0 Å². The Morgan fingerprint density at radius 2 is 1.28 bits per heavy atom. The first kappa shape index (κ1) is 18.0. The number of benzene rings is 3. The Kier molecular flexibility index (Phi) is 4.18. The molecule has 0 aliphatic rings. The lowest BCUT2D eigenvalue weighted by Crippen LogP contribution is -2.18. The molecule has 0 radical (unpaired) electrons. The molecule has 2 heterocycles. The SMILES string of the molecule is CC(C)(C)c1nc(-c2ccccc2)nc(-c2ccc3c(c2)sc2ccccc23)n1. The Morgan fingerprint density at radius 3 is 2.03 bits per heavy atom. The number of fused-ring (bicyclic) bond motifs is 3. The van der Waals surface area contributed by atoms with Crippen LogP contribution in [0.2, 0.25) is 0 Å². The summed E-state index contributed by atoms with van der Waals surface area (Å²) < 4.78 is 2.55. The molecule has 0 saturated heterocycles. The first-order valence-electron chi connectivity index (χ1n) is 9.73. The minimum atomic E-state index is -0.164. The largest absolute Gasteiger partial charge is 0.212 e. The van der Waals surface area contributed by atoms with E-state index >= 15 is 0 Å². The third-order valence-corrected chi connectivity index (χ3v) is 6.11. The van der Waals surface area contributed by atoms with E-state index in [-0.39, 0.29) is 5.41 Å². The summed E-state index contributed by atoms with van der Waals surface area (Å²) >= 11 is 1.81. The topological polar surface area (TPSA) is 38.7 Å². The lowest BCUT2D eigenvalue weighted by molar-refractivity contribution is 0.543. The second-order valence-corrected chi connectivity index (χ2v) is 9.32. The molecule has 2 aromatic heterocycles. The number of rotatable bonds is 2. The zero-order valence-electron chi connectivity index (χ0n) is 16.7. The van der Waals surface area contributed by atoms with E-state index in [1.807, 2.05) is 41.7 Å². The average Bonchev–Trinajstić information content (AvgIpc) is 3.11. The molecule has 0 fully saturated rings. The molecule has 0 bridgehead atoms. The molecule has 0 unspecified atom stereocenters. The summed E-state index contributed by atoms with van der Waals surface area (Å²) in [6.07, 6.45) is 0. The first-order valence-corrected chi connectivity index (χ1v) is 10.5. The highest BCUT2D eigenvalue weighted by Gasteiger charge is 2.21. The van der Waals surface area contributed by atoms with Crippen molar-refractivity contribution in [1.29, 1.82) is 0 Å². The van der Waals surface area contributed by atoms with Crippen molar-refractivity contribution >= 4 is 31.5 Å². The Bertz CT molecular complexity index is 1330. The molecule has 0 aliphatic heterocycles. The van der Waals surface area contributed by atoms with Crippen LogP contribution in [0.1, 0.15) is 26.6 Å². The molecule has 0 amide bonds. The van der Waals surface area contributed by atoms with Gasteiger partial charge in [0.1, 0.15) is 5.82 Å². The van der Waals surface area contributed by atoms with Gasteiger partial charge >= 0.3 is 0 Å². The van der Waals surface area contributed by atoms with Gasteiger partial charge in [0.15, 0.2) is 11.6 Å². The highest BCUT2D eigenvalue weighted by atomic mass is 32.1. The smallest absolute Gasteiger partial charge is 0.163 e. The second-order valence-electron chi connectivity index (χ2n) is 8.23. The number of hydrogen-bond acceptors (Lipinski definition) is 4. The molecule has 29 heavy (non-hydrogen) atoms. The zero-order valence-corrected chi connectivity index (χ0v) is 17.5. The number of thiophene rings is 1. The zero-order chi connectivity index (χ0) is 20.0. The molecule has 0 spiro atoms. The molecule has 5 aromatic rings. The molecular weight excluding hydrogens is 374 g/mol. The van der Waals surface area contributed by atoms with Crippen LogP contribution >= 0.6 is 11.3 Å². The summed E-state index contributed by atoms with van der Waals surface area (Å²) in [7, 11) is 0. The first-order chi connectivity index (χ1) is 14.0. The molecule has 0 atom stereocenters. The normalized spacial score (nSPS) is 12.0. The monoisotopic (exact) mass is 395 g/mol. The van der Waals surface area contributed by atoms with Gasteiger partial charge in [0.25, 0.3) is 0 Å². The summed E-state index contributed by atoms with van der Waals surface area (Å²) in [5.41, 5.74) is 1.86. The minimum Gasteiger partial charge on any atom is -0.212 e. The number of nitrogens with zero attached hydrogens (tertiary/aromatic N) is 3. The molecule has 3 aromatic carbocycles. The molecule has 5 rings (SSSR count). The number of aromatic nitrogens is 3. The van der Waals surface area contributed by atoms with Gasteiger partial charge in [0.05, 0.1) is 0 Å². The van der Waals surface area contributed by atoms with Crippen LogP contribution in [0, 0.1) is 0 Å². The summed E-state index contributed by atoms with van der Waals surface area (Å²) in [6.45, 7) is 6.40. The summed E-state index contributed by atoms with van der Waals surface area (Å²) in [6, 6.07) is 25.2. The van der Waals surface area contributed by atoms with E-state index in [2.05, 4.69) is 63.2 Å². The summed E-state index contributed by atoms with van der Waals surface area (Å²) in [5.74, 6) is 2.25. The fourth-order valence-corrected chi connectivity index (χ4v) is 4.57. The highest BCUT2D eigenvalue weighted by Crippen LogP contribution is 2.36. The molecule has 4 heteroatoms. The fraction of sp³-hybridized carbons (Fsp3) is 0.160. The van der Waals surface area contributed by atoms with Crippen molar-refractivity contribution in [2.45, 2.75) is 26.2 Å². The lowest BCUT2D eigenvalue weighted by Gasteiger charge is -2.18. The van der Waals surface area contributed by atoms with E-state index in [0.717, 1.165) is 28.6 Å². The van der Waals surface area contributed by atoms with Gasteiger partial charge in [0, 0.05) is 36.7 Å². The van der Waals surface area contributed by atoms with Crippen LogP contribution in [0.25, 0.3) is 42.9 Å². The molecule has 142 valence electrons. The van der Waals surface area contributed by atoms with Gasteiger partial charge in [-0.15, -0.1) is 11.3 Å². The van der Waals surface area contributed by atoms with Crippen LogP contribution < -0.4 is 0 Å². The van der Waals surface area contributed by atoms with Crippen molar-refractivity contribution < 1.29 is 0 Å². The Morgan fingerprint density at radius 1 is 0.621 bits per heavy atom. The maximum atomic E-state index is 4.84. The molecule has 0 aliphatic carbocycles. The van der Waals surface area contributed by atoms with Crippen molar-refractivity contribution in [3.05, 3.63) is 78.6 Å². The van der Waals surface area contributed by atoms with Crippen LogP contribution in [-0.2, 0) is 5.41 Å². The van der Waals surface area contributed by atoms with Gasteiger partial charge < -0.3 is 0 Å². The molecule has 0 saturated carbocycles. The third-order valence-electron chi connectivity index (χ3n) is 4.98. The van der Waals surface area contributed by atoms with Gasteiger partial charge in [-0.05, 0) is 12.1 Å². The van der Waals surface area contributed by atoms with Crippen LogP contribution in [0.4, 0.5) is 0 Å². The Hall–Kier alpha value is -3.11. The van der Waals surface area contributed by atoms with Crippen molar-refractivity contribution in [1.82, 2.24) is 15.0 Å². The fourth-order valence-electron chi connectivity index (χ4n) is 3.42. The maximum absolute atomic E-state index is 4.84. The number of hydrogen-bond donors (Lipinski definition) is 0. The second kappa shape index (κ2) is 6.75. The van der Waals surface area contributed by atoms with Crippen molar-refractivity contribution in [3.8, 4) is 22.8 Å². The van der Waals surface area contributed by atoms with Gasteiger partial charge in [0.2, 0.25) is 0 Å². The predicted molar refractivity (Wildman–Crippen MR) is 122 cm³/mol. The quantitative estimate of drug-likeness (QED) is 0.327. The summed E-state index contributed by atoms with van der Waals surface area (Å²) in [4.78, 5) is 14.5. The van der Waals surface area contributed by atoms with Gasteiger partial charge in [-0.3, -0.25) is 0 Å². The van der Waals surface area contributed by atoms with E-state index in [4.69, 9.17) is 15.0 Å². The van der Waals surface area contributed by atoms with Crippen molar-refractivity contribution in [2.75, 3.05) is 0 Å². The highest BCUT2D eigenvalue weighted by molar-refractivity contribution is 7.25. The molecule has 3 nitrogen and oxygen atoms in total. The third kappa shape index (κ3) is 3.30. The Balaban J connectivity index is 1.71. The van der Waals surface area contributed by atoms with Gasteiger partial charge in [-0.2, -0.15) is 0 Å². The summed E-state index contributed by atoms with van der Waals surface area (Å²) in [5, 5.41) is 2.58. The van der Waals surface area contributed by atoms with E-state index in [0.29, 0.717) is 0 Å². The standard InChI is InChI=1S/C25H21N3S/c1-25(2,3)24-27-22(16-9-5-4-6-10-16)26-23(28-24)17-13-14-19-18-11-7-8-12-20(18)29-21(19)15-17/h4-15H,1-3H3. The van der Waals surface area contributed by atoms with E-state index in [1.165, 1.54) is 20.2 Å². The van der Waals surface area contributed by atoms with Crippen LogP contribution in [0.5, 0.6) is 0 Å². The average molecular weight is 396 g/mol. The van der Waals surface area contributed by atoms with Crippen LogP contribution in [0.15, 0.2) is 72.8 Å². The van der Waals surface area contributed by atoms with Gasteiger partial charge in [-0.1, -0.05) is 81.4 Å². The minimum absolute atomic E-state index is 0.164. The van der Waals surface area contributed by atoms with Gasteiger partial charge in [-0.25, -0.2) is 15.0 Å². The van der Waals surface area contributed by atoms with Crippen LogP contribution in [-0.4, -0.2) is 15.0 Å². The van der Waals surface area contributed by atoms with Crippen LogP contribution in [0.3, 0.4) is 0 Å².